The zero-order valence-electron chi connectivity index (χ0n) is 11.8. The van der Waals surface area contributed by atoms with Gasteiger partial charge in [-0.3, -0.25) is 4.21 Å². The van der Waals surface area contributed by atoms with E-state index in [9.17, 15) is 4.21 Å². The van der Waals surface area contributed by atoms with Crippen LogP contribution in [-0.2, 0) is 15.5 Å². The molecule has 20 heavy (non-hydrogen) atoms. The Morgan fingerprint density at radius 1 is 1.45 bits per heavy atom. The number of rotatable bonds is 7. The van der Waals surface area contributed by atoms with Crippen LogP contribution in [0.25, 0.3) is 0 Å². The SMILES string of the molecule is CCCNC(CS(=O)c1ccc(Br)cc1)C1CCOC1. The molecule has 0 aromatic heterocycles. The number of halogens is 1. The summed E-state index contributed by atoms with van der Waals surface area (Å²) in [6.07, 6.45) is 2.16. The number of benzene rings is 1. The molecule has 1 aliphatic heterocycles. The van der Waals surface area contributed by atoms with Gasteiger partial charge in [0.15, 0.2) is 0 Å². The maximum Gasteiger partial charge on any atom is 0.0545 e. The minimum absolute atomic E-state index is 0.280. The summed E-state index contributed by atoms with van der Waals surface area (Å²) in [7, 11) is -0.960. The van der Waals surface area contributed by atoms with E-state index in [0.717, 1.165) is 42.0 Å². The maximum absolute atomic E-state index is 12.5. The highest BCUT2D eigenvalue weighted by Crippen LogP contribution is 2.20. The van der Waals surface area contributed by atoms with E-state index in [1.807, 2.05) is 24.3 Å². The largest absolute Gasteiger partial charge is 0.381 e. The predicted octanol–water partition coefficient (Wildman–Crippen LogP) is 2.96. The van der Waals surface area contributed by atoms with Crippen molar-refractivity contribution in [2.75, 3.05) is 25.5 Å². The molecule has 112 valence electrons. The fourth-order valence-electron chi connectivity index (χ4n) is 2.41. The Kier molecular flexibility index (Phi) is 6.68. The summed E-state index contributed by atoms with van der Waals surface area (Å²) in [5.74, 6) is 1.15. The first-order valence-corrected chi connectivity index (χ1v) is 9.27. The molecule has 1 aromatic rings. The Bertz CT molecular complexity index is 432. The molecule has 1 saturated heterocycles. The lowest BCUT2D eigenvalue weighted by Crippen LogP contribution is -2.41. The predicted molar refractivity (Wildman–Crippen MR) is 86.4 cm³/mol. The molecule has 0 aliphatic carbocycles. The van der Waals surface area contributed by atoms with Gasteiger partial charge in [0.2, 0.25) is 0 Å². The van der Waals surface area contributed by atoms with Crippen LogP contribution in [-0.4, -0.2) is 35.8 Å². The van der Waals surface area contributed by atoms with Gasteiger partial charge in [0, 0.05) is 33.7 Å². The molecule has 0 bridgehead atoms. The van der Waals surface area contributed by atoms with Crippen LogP contribution in [0.15, 0.2) is 33.6 Å². The van der Waals surface area contributed by atoms with Crippen molar-refractivity contribution in [3.8, 4) is 0 Å². The van der Waals surface area contributed by atoms with Crippen LogP contribution in [0.1, 0.15) is 19.8 Å². The smallest absolute Gasteiger partial charge is 0.0545 e. The fourth-order valence-corrected chi connectivity index (χ4v) is 4.02. The quantitative estimate of drug-likeness (QED) is 0.813. The van der Waals surface area contributed by atoms with Gasteiger partial charge in [-0.2, -0.15) is 0 Å². The van der Waals surface area contributed by atoms with E-state index in [2.05, 4.69) is 28.2 Å². The summed E-state index contributed by atoms with van der Waals surface area (Å²) in [5, 5.41) is 3.54. The molecule has 3 nitrogen and oxygen atoms in total. The first kappa shape index (κ1) is 16.1. The molecule has 1 fully saturated rings. The fraction of sp³-hybridized carbons (Fsp3) is 0.600. The van der Waals surface area contributed by atoms with Crippen molar-refractivity contribution in [1.82, 2.24) is 5.32 Å². The van der Waals surface area contributed by atoms with Crippen molar-refractivity contribution in [2.24, 2.45) is 5.92 Å². The first-order chi connectivity index (χ1) is 9.70. The van der Waals surface area contributed by atoms with E-state index in [1.165, 1.54) is 0 Å². The Balaban J connectivity index is 1.98. The van der Waals surface area contributed by atoms with Crippen LogP contribution in [0.2, 0.25) is 0 Å². The van der Waals surface area contributed by atoms with Crippen LogP contribution >= 0.6 is 15.9 Å². The van der Waals surface area contributed by atoms with Gasteiger partial charge in [0.25, 0.3) is 0 Å². The molecule has 1 aromatic carbocycles. The van der Waals surface area contributed by atoms with Gasteiger partial charge in [-0.25, -0.2) is 0 Å². The molecule has 3 atom stereocenters. The van der Waals surface area contributed by atoms with Gasteiger partial charge in [-0.15, -0.1) is 0 Å². The third-order valence-electron chi connectivity index (χ3n) is 3.60. The molecule has 5 heteroatoms. The number of nitrogens with one attached hydrogen (secondary N) is 1. The summed E-state index contributed by atoms with van der Waals surface area (Å²) in [6, 6.07) is 8.03. The van der Waals surface area contributed by atoms with Crippen molar-refractivity contribution < 1.29 is 8.95 Å². The lowest BCUT2D eigenvalue weighted by molar-refractivity contribution is 0.179. The first-order valence-electron chi connectivity index (χ1n) is 7.15. The minimum Gasteiger partial charge on any atom is -0.381 e. The highest BCUT2D eigenvalue weighted by atomic mass is 79.9. The second-order valence-corrected chi connectivity index (χ2v) is 7.56. The number of ether oxygens (including phenoxy) is 1. The van der Waals surface area contributed by atoms with Gasteiger partial charge < -0.3 is 10.1 Å². The van der Waals surface area contributed by atoms with E-state index < -0.39 is 10.8 Å². The van der Waals surface area contributed by atoms with E-state index in [4.69, 9.17) is 4.74 Å². The normalized spacial score (nSPS) is 21.8. The van der Waals surface area contributed by atoms with E-state index >= 15 is 0 Å². The lowest BCUT2D eigenvalue weighted by Gasteiger charge is -2.23. The molecule has 0 radical (unpaired) electrons. The monoisotopic (exact) mass is 359 g/mol. The molecule has 1 N–H and O–H groups in total. The molecular formula is C15H22BrNO2S. The van der Waals surface area contributed by atoms with Gasteiger partial charge >= 0.3 is 0 Å². The second-order valence-electron chi connectivity index (χ2n) is 5.15. The van der Waals surface area contributed by atoms with Crippen LogP contribution in [0.4, 0.5) is 0 Å². The Morgan fingerprint density at radius 2 is 2.20 bits per heavy atom. The Labute approximate surface area is 132 Å². The second kappa shape index (κ2) is 8.27. The van der Waals surface area contributed by atoms with E-state index in [1.54, 1.807) is 0 Å². The molecule has 0 amide bonds. The zero-order valence-corrected chi connectivity index (χ0v) is 14.2. The van der Waals surface area contributed by atoms with Gasteiger partial charge in [-0.05, 0) is 43.7 Å². The van der Waals surface area contributed by atoms with Crippen molar-refractivity contribution in [1.29, 1.82) is 0 Å². The van der Waals surface area contributed by atoms with Crippen LogP contribution in [0.3, 0.4) is 0 Å². The van der Waals surface area contributed by atoms with Crippen LogP contribution in [0, 0.1) is 5.92 Å². The Hall–Kier alpha value is -0.230. The Morgan fingerprint density at radius 3 is 2.80 bits per heavy atom. The summed E-state index contributed by atoms with van der Waals surface area (Å²) >= 11 is 3.41. The zero-order chi connectivity index (χ0) is 14.4. The van der Waals surface area contributed by atoms with Crippen LogP contribution in [0.5, 0.6) is 0 Å². The van der Waals surface area contributed by atoms with E-state index in [-0.39, 0.29) is 6.04 Å². The minimum atomic E-state index is -0.960. The molecule has 1 heterocycles. The van der Waals surface area contributed by atoms with Gasteiger partial charge in [0.1, 0.15) is 0 Å². The molecule has 1 aliphatic rings. The average Bonchev–Trinajstić information content (AvgIpc) is 2.98. The van der Waals surface area contributed by atoms with Crippen molar-refractivity contribution in [3.63, 3.8) is 0 Å². The standard InChI is InChI=1S/C15H22BrNO2S/c1-2-8-17-15(12-7-9-19-10-12)11-20(18)14-5-3-13(16)4-6-14/h3-6,12,15,17H,2,7-11H2,1H3. The summed E-state index contributed by atoms with van der Waals surface area (Å²) < 4.78 is 19.0. The lowest BCUT2D eigenvalue weighted by atomic mass is 10.0. The van der Waals surface area contributed by atoms with Crippen molar-refractivity contribution in [3.05, 3.63) is 28.7 Å². The van der Waals surface area contributed by atoms with Gasteiger partial charge in [0.05, 0.1) is 17.4 Å². The van der Waals surface area contributed by atoms with Crippen molar-refractivity contribution in [2.45, 2.75) is 30.7 Å². The summed E-state index contributed by atoms with van der Waals surface area (Å²) in [4.78, 5) is 0.899. The number of hydrogen-bond donors (Lipinski definition) is 1. The highest BCUT2D eigenvalue weighted by Gasteiger charge is 2.27. The highest BCUT2D eigenvalue weighted by molar-refractivity contribution is 9.10. The summed E-state index contributed by atoms with van der Waals surface area (Å²) in [5.41, 5.74) is 0. The van der Waals surface area contributed by atoms with Crippen molar-refractivity contribution >= 4 is 26.7 Å². The van der Waals surface area contributed by atoms with E-state index in [0.29, 0.717) is 11.7 Å². The molecule has 0 saturated carbocycles. The molecule has 2 rings (SSSR count). The maximum atomic E-state index is 12.5. The molecular weight excluding hydrogens is 338 g/mol. The average molecular weight is 360 g/mol. The summed E-state index contributed by atoms with van der Waals surface area (Å²) in [6.45, 7) is 4.75. The van der Waals surface area contributed by atoms with Crippen LogP contribution < -0.4 is 5.32 Å². The molecule has 0 spiro atoms. The van der Waals surface area contributed by atoms with Gasteiger partial charge in [-0.1, -0.05) is 22.9 Å². The third kappa shape index (κ3) is 4.65. The topological polar surface area (TPSA) is 38.3 Å². The molecule has 3 unspecified atom stereocenters. The third-order valence-corrected chi connectivity index (χ3v) is 5.59. The number of hydrogen-bond acceptors (Lipinski definition) is 3.